The number of carbonyl (C=O) groups excluding carboxylic acids is 1. The van der Waals surface area contributed by atoms with E-state index < -0.39 is 195 Å². The molecule has 0 aromatic heterocycles. The summed E-state index contributed by atoms with van der Waals surface area (Å²) in [6.07, 6.45) is -25.9. The van der Waals surface area contributed by atoms with E-state index in [4.69, 9.17) is 37.6 Å². The van der Waals surface area contributed by atoms with Gasteiger partial charge in [-0.1, -0.05) is 0 Å². The SMILES string of the molecule is COc1cc(OB(Oc2c(F)c(F)c(F)c(F)c2F)Oc2c(F)c(F)c(F)c(F)c2F)ccc1C1Oc2cc(OB(Oc3cc(C(F)(F)F)cc(C(F)(F)F)c3)Oc3cc(C(F)(F)F)cc(C(F)(F)F)c3)cc(OC)c2C(=O)C1OC. The number of hydrogen-bond donors (Lipinski definition) is 0. The number of Topliss-reactive ketones (excluding diaryl/α,β-unsaturated/α-hetero) is 1. The van der Waals surface area contributed by atoms with Crippen molar-refractivity contribution in [2.24, 2.45) is 0 Å². The monoisotopic (exact) mass is 1190 g/mol. The summed E-state index contributed by atoms with van der Waals surface area (Å²) in [7, 11) is -3.61. The second kappa shape index (κ2) is 22.3. The lowest BCUT2D eigenvalue weighted by molar-refractivity contribution is -0.144. The topological polar surface area (TPSA) is 109 Å². The highest BCUT2D eigenvalue weighted by Crippen LogP contribution is 2.47. The predicted octanol–water partition coefficient (Wildman–Crippen LogP) is 13.5. The normalized spacial score (nSPS) is 14.7. The Morgan fingerprint density at radius 2 is 0.741 bits per heavy atom. The van der Waals surface area contributed by atoms with Gasteiger partial charge in [0.1, 0.15) is 45.8 Å². The summed E-state index contributed by atoms with van der Waals surface area (Å²) in [5, 5.41) is 0. The zero-order chi connectivity index (χ0) is 60.2. The molecule has 1 heterocycles. The third-order valence-electron chi connectivity index (χ3n) is 10.9. The maximum atomic E-state index is 14.8. The number of carbonyl (C=O) groups is 1. The van der Waals surface area contributed by atoms with Crippen LogP contribution in [0.2, 0.25) is 0 Å². The fourth-order valence-electron chi connectivity index (χ4n) is 7.21. The maximum Gasteiger partial charge on any atom is 0.864 e. The lowest BCUT2D eigenvalue weighted by atomic mass is 9.92. The van der Waals surface area contributed by atoms with Crippen molar-refractivity contribution in [1.82, 2.24) is 0 Å². The average molecular weight is 1190 g/mol. The van der Waals surface area contributed by atoms with Gasteiger partial charge in [0.25, 0.3) is 0 Å². The molecule has 6 aromatic carbocycles. The Labute approximate surface area is 436 Å². The van der Waals surface area contributed by atoms with E-state index in [9.17, 15) is 101 Å². The number of fused-ring (bicyclic) bond motifs is 1. The average Bonchev–Trinajstić information content (AvgIpc) is 3.57. The van der Waals surface area contributed by atoms with E-state index in [-0.39, 0.29) is 42.0 Å². The van der Waals surface area contributed by atoms with Crippen molar-refractivity contribution < 1.29 is 148 Å². The molecule has 2 atom stereocenters. The summed E-state index contributed by atoms with van der Waals surface area (Å²) in [4.78, 5) is 14.2. The van der Waals surface area contributed by atoms with Gasteiger partial charge in [0.2, 0.25) is 64.0 Å². The molecule has 1 aliphatic rings. The van der Waals surface area contributed by atoms with Crippen molar-refractivity contribution in [2.45, 2.75) is 36.9 Å². The van der Waals surface area contributed by atoms with Gasteiger partial charge in [0.05, 0.1) is 36.5 Å². The van der Waals surface area contributed by atoms with Gasteiger partial charge in [-0.2, -0.15) is 70.2 Å². The van der Waals surface area contributed by atoms with Gasteiger partial charge >= 0.3 is 39.3 Å². The Hall–Kier alpha value is -8.26. The summed E-state index contributed by atoms with van der Waals surface area (Å²) in [6.45, 7) is 0. The first kappa shape index (κ1) is 60.4. The molecule has 1 aliphatic heterocycles. The molecule has 0 fully saturated rings. The first-order valence-corrected chi connectivity index (χ1v) is 21.3. The van der Waals surface area contributed by atoms with E-state index >= 15 is 0 Å². The highest BCUT2D eigenvalue weighted by Gasteiger charge is 2.46. The fraction of sp³-hybridized carbons (Fsp3) is 0.196. The van der Waals surface area contributed by atoms with Gasteiger partial charge in [0, 0.05) is 30.9 Å². The minimum Gasteiger partial charge on any atom is -0.496 e. The second-order valence-corrected chi connectivity index (χ2v) is 16.0. The van der Waals surface area contributed by atoms with Gasteiger partial charge in [-0.25, -0.2) is 26.3 Å². The highest BCUT2D eigenvalue weighted by molar-refractivity contribution is 6.40. The molecule has 35 heteroatoms. The minimum absolute atomic E-state index is 0.0856. The van der Waals surface area contributed by atoms with Crippen molar-refractivity contribution in [1.29, 1.82) is 0 Å². The highest BCUT2D eigenvalue weighted by atomic mass is 19.4. The van der Waals surface area contributed by atoms with Gasteiger partial charge < -0.3 is 46.9 Å². The third kappa shape index (κ3) is 12.6. The molecule has 2 unspecified atom stereocenters. The summed E-state index contributed by atoms with van der Waals surface area (Å²) in [5.74, 6) is -39.7. The van der Waals surface area contributed by atoms with E-state index in [1.54, 1.807) is 0 Å². The van der Waals surface area contributed by atoms with Crippen molar-refractivity contribution >= 4 is 20.4 Å². The van der Waals surface area contributed by atoms with Crippen molar-refractivity contribution in [3.05, 3.63) is 158 Å². The molecule has 7 rings (SSSR count). The second-order valence-electron chi connectivity index (χ2n) is 16.0. The van der Waals surface area contributed by atoms with Crippen LogP contribution in [0.25, 0.3) is 0 Å². The predicted molar refractivity (Wildman–Crippen MR) is 225 cm³/mol. The molecule has 0 saturated carbocycles. The van der Waals surface area contributed by atoms with Crippen LogP contribution in [-0.2, 0) is 29.4 Å². The first-order valence-electron chi connectivity index (χ1n) is 21.3. The number of alkyl halides is 12. The Bertz CT molecular complexity index is 3140. The summed E-state index contributed by atoms with van der Waals surface area (Å²) in [5.41, 5.74) is -9.13. The zero-order valence-electron chi connectivity index (χ0n) is 39.5. The summed E-state index contributed by atoms with van der Waals surface area (Å²) < 4.78 is 361. The molecule has 0 aliphatic carbocycles. The van der Waals surface area contributed by atoms with Gasteiger partial charge in [-0.15, -0.1) is 0 Å². The van der Waals surface area contributed by atoms with Crippen LogP contribution in [0.15, 0.2) is 66.7 Å². The number of halogens is 22. The third-order valence-corrected chi connectivity index (χ3v) is 10.9. The molecule has 0 spiro atoms. The molecule has 432 valence electrons. The minimum atomic E-state index is -5.56. The molecular weight excluding hydrogens is 1170 g/mol. The Morgan fingerprint density at radius 1 is 0.407 bits per heavy atom. The van der Waals surface area contributed by atoms with Crippen molar-refractivity contribution in [3.63, 3.8) is 0 Å². The van der Waals surface area contributed by atoms with Crippen LogP contribution in [0.4, 0.5) is 96.6 Å². The fourth-order valence-corrected chi connectivity index (χ4v) is 7.21. The number of ether oxygens (including phenoxy) is 4. The zero-order valence-corrected chi connectivity index (χ0v) is 39.5. The lowest BCUT2D eigenvalue weighted by Gasteiger charge is -2.33. The van der Waals surface area contributed by atoms with Crippen LogP contribution in [-0.4, -0.2) is 47.9 Å². The smallest absolute Gasteiger partial charge is 0.496 e. The molecule has 0 saturated heterocycles. The molecule has 81 heavy (non-hydrogen) atoms. The number of benzene rings is 6. The molecule has 0 N–H and O–H groups in total. The van der Waals surface area contributed by atoms with Crippen LogP contribution in [0.3, 0.4) is 0 Å². The summed E-state index contributed by atoms with van der Waals surface area (Å²) in [6, 6.07) is 2.49. The molecule has 0 bridgehead atoms. The Morgan fingerprint density at radius 3 is 1.10 bits per heavy atom. The van der Waals surface area contributed by atoms with Crippen LogP contribution >= 0.6 is 0 Å². The molecule has 0 amide bonds. The molecule has 0 radical (unpaired) electrons. The van der Waals surface area contributed by atoms with Crippen molar-refractivity contribution in [3.8, 4) is 51.7 Å². The van der Waals surface area contributed by atoms with E-state index in [2.05, 4.69) is 9.31 Å². The van der Waals surface area contributed by atoms with Gasteiger partial charge in [-0.05, 0) is 48.5 Å². The molecular formula is C46H22B2F22O11. The van der Waals surface area contributed by atoms with Crippen LogP contribution in [0.5, 0.6) is 51.7 Å². The van der Waals surface area contributed by atoms with Crippen molar-refractivity contribution in [2.75, 3.05) is 21.3 Å². The van der Waals surface area contributed by atoms with E-state index in [0.29, 0.717) is 24.3 Å². The largest absolute Gasteiger partial charge is 0.864 e. The number of hydrogen-bond acceptors (Lipinski definition) is 11. The standard InChI is InChI=1S/C46H22B2F22O11/c1-72-24-12-19(76-48(80-40-34(55)30(51)28(49)31(52)35(40)56)81-41-36(57)32(53)29(50)33(54)37(41)58)4-5-23(24)39-42(74-3)38(71)27-25(73-2)13-22(14-26(27)75-39)79-47(77-20-8-15(43(59,60)61)6-16(9-20)44(62,63)64)78-21-10-17(45(65,66)67)7-18(11-21)46(68,69)70/h4-14,39,42H,1-3H3. The maximum absolute atomic E-state index is 14.8. The number of methoxy groups -OCH3 is 3. The Kier molecular flexibility index (Phi) is 16.7. The van der Waals surface area contributed by atoms with Gasteiger partial charge in [0.15, 0.2) is 23.7 Å². The first-order chi connectivity index (χ1) is 37.6. The quantitative estimate of drug-likeness (QED) is 0.0400. The van der Waals surface area contributed by atoms with E-state index in [0.717, 1.165) is 27.4 Å². The molecule has 6 aromatic rings. The Balaban J connectivity index is 1.29. The molecule has 11 nitrogen and oxygen atoms in total. The van der Waals surface area contributed by atoms with Gasteiger partial charge in [-0.3, -0.25) is 4.79 Å². The van der Waals surface area contributed by atoms with E-state index in [1.807, 2.05) is 0 Å². The summed E-state index contributed by atoms with van der Waals surface area (Å²) >= 11 is 0. The van der Waals surface area contributed by atoms with Crippen LogP contribution in [0, 0.1) is 58.2 Å². The lowest BCUT2D eigenvalue weighted by Crippen LogP contribution is -2.39. The van der Waals surface area contributed by atoms with E-state index in [1.165, 1.54) is 0 Å². The number of rotatable bonds is 16. The van der Waals surface area contributed by atoms with Crippen LogP contribution in [0.1, 0.15) is 44.3 Å². The number of ketones is 1. The van der Waals surface area contributed by atoms with Crippen LogP contribution < -0.4 is 42.1 Å².